The fraction of sp³-hybridized carbons (Fsp3) is 0.0833. The summed E-state index contributed by atoms with van der Waals surface area (Å²) in [6, 6.07) is 13.7. The van der Waals surface area contributed by atoms with Crippen LogP contribution in [0.15, 0.2) is 58.6 Å². The van der Waals surface area contributed by atoms with Gasteiger partial charge in [0.05, 0.1) is 6.61 Å². The lowest BCUT2D eigenvalue weighted by Crippen LogP contribution is -1.81. The van der Waals surface area contributed by atoms with Gasteiger partial charge in [-0.1, -0.05) is 29.0 Å². The van der Waals surface area contributed by atoms with Crippen LogP contribution in [-0.4, -0.2) is 10.1 Å². The monoisotopic (exact) mass is 249 g/mol. The van der Waals surface area contributed by atoms with Gasteiger partial charge in [-0.2, -0.15) is 0 Å². The van der Waals surface area contributed by atoms with Gasteiger partial charge in [0, 0.05) is 11.1 Å². The molecule has 1 aromatic carbocycles. The topological polar surface area (TPSA) is 33.1 Å². The van der Waals surface area contributed by atoms with Crippen LogP contribution in [0.5, 0.6) is 0 Å². The Balaban J connectivity index is 1.99. The van der Waals surface area contributed by atoms with Crippen LogP contribution < -0.4 is 0 Å². The molecule has 1 N–H and O–H groups in total. The molecule has 2 nitrogen and oxygen atoms in total. The average Bonchev–Trinajstić information content (AvgIpc) is 2.38. The van der Waals surface area contributed by atoms with E-state index in [0.717, 1.165) is 15.5 Å². The minimum absolute atomic E-state index is 0.0860. The normalized spacial score (nSPS) is 10.3. The molecule has 0 spiro atoms. The average molecular weight is 249 g/mol. The first-order chi connectivity index (χ1) is 7.88. The van der Waals surface area contributed by atoms with Crippen LogP contribution in [0.25, 0.3) is 0 Å². The first-order valence-electron chi connectivity index (χ1n) is 4.84. The molecule has 2 aromatic rings. The lowest BCUT2D eigenvalue weighted by atomic mass is 10.2. The zero-order valence-corrected chi connectivity index (χ0v) is 10.2. The molecule has 0 aliphatic carbocycles. The Kier molecular flexibility index (Phi) is 4.27. The van der Waals surface area contributed by atoms with E-state index in [1.165, 1.54) is 0 Å². The van der Waals surface area contributed by atoms with E-state index in [9.17, 15) is 0 Å². The maximum atomic E-state index is 9.02. The first kappa shape index (κ1) is 11.5. The summed E-state index contributed by atoms with van der Waals surface area (Å²) in [6.45, 7) is 0.0860. The fourth-order valence-electron chi connectivity index (χ4n) is 1.18. The zero-order chi connectivity index (χ0) is 11.2. The second kappa shape index (κ2) is 5.94. The number of hydrogen-bond acceptors (Lipinski definition) is 4. The highest BCUT2D eigenvalue weighted by Gasteiger charge is 1.99. The quantitative estimate of drug-likeness (QED) is 0.842. The Hall–Kier alpha value is -0.970. The van der Waals surface area contributed by atoms with Crippen molar-refractivity contribution in [2.45, 2.75) is 16.5 Å². The standard InChI is InChI=1S/C12H11NOS2/c14-9-10-4-3-5-11(8-10)15-16-12-6-1-2-7-13-12/h1-8,14H,9H2. The van der Waals surface area contributed by atoms with Crippen LogP contribution in [0, 0.1) is 0 Å². The van der Waals surface area contributed by atoms with Crippen molar-refractivity contribution in [3.05, 3.63) is 54.2 Å². The molecule has 0 saturated carbocycles. The van der Waals surface area contributed by atoms with Crippen LogP contribution in [-0.2, 0) is 6.61 Å². The lowest BCUT2D eigenvalue weighted by Gasteiger charge is -2.02. The van der Waals surface area contributed by atoms with Crippen molar-refractivity contribution in [3.63, 3.8) is 0 Å². The maximum absolute atomic E-state index is 9.02. The molecule has 0 unspecified atom stereocenters. The highest BCUT2D eigenvalue weighted by atomic mass is 33.1. The van der Waals surface area contributed by atoms with Gasteiger partial charge in [0.15, 0.2) is 0 Å². The molecule has 1 aromatic heterocycles. The van der Waals surface area contributed by atoms with Crippen molar-refractivity contribution in [2.75, 3.05) is 0 Å². The predicted molar refractivity (Wildman–Crippen MR) is 68.3 cm³/mol. The van der Waals surface area contributed by atoms with Gasteiger partial charge in [-0.25, -0.2) is 4.98 Å². The molecule has 0 saturated heterocycles. The Morgan fingerprint density at radius 2 is 2.00 bits per heavy atom. The third-order valence-electron chi connectivity index (χ3n) is 1.94. The van der Waals surface area contributed by atoms with E-state index in [4.69, 9.17) is 5.11 Å². The summed E-state index contributed by atoms with van der Waals surface area (Å²) in [5.41, 5.74) is 0.937. The number of pyridine rings is 1. The summed E-state index contributed by atoms with van der Waals surface area (Å²) in [6.07, 6.45) is 1.78. The molecule has 0 atom stereocenters. The van der Waals surface area contributed by atoms with E-state index >= 15 is 0 Å². The van der Waals surface area contributed by atoms with Gasteiger partial charge < -0.3 is 5.11 Å². The number of rotatable bonds is 4. The molecule has 1 heterocycles. The van der Waals surface area contributed by atoms with E-state index < -0.39 is 0 Å². The van der Waals surface area contributed by atoms with Crippen molar-refractivity contribution >= 4 is 21.6 Å². The number of nitrogens with zero attached hydrogens (tertiary/aromatic N) is 1. The highest BCUT2D eigenvalue weighted by Crippen LogP contribution is 2.36. The van der Waals surface area contributed by atoms with E-state index in [1.807, 2.05) is 42.5 Å². The van der Waals surface area contributed by atoms with Gasteiger partial charge in [0.25, 0.3) is 0 Å². The van der Waals surface area contributed by atoms with Gasteiger partial charge in [0.1, 0.15) is 5.03 Å². The Morgan fingerprint density at radius 3 is 2.75 bits per heavy atom. The van der Waals surface area contributed by atoms with Crippen molar-refractivity contribution in [1.82, 2.24) is 4.98 Å². The molecule has 2 rings (SSSR count). The summed E-state index contributed by atoms with van der Waals surface area (Å²) in [5, 5.41) is 10.0. The second-order valence-corrected chi connectivity index (χ2v) is 5.36. The Bertz CT molecular complexity index is 448. The van der Waals surface area contributed by atoms with Crippen molar-refractivity contribution in [2.24, 2.45) is 0 Å². The smallest absolute Gasteiger partial charge is 0.107 e. The van der Waals surface area contributed by atoms with Crippen molar-refractivity contribution in [3.8, 4) is 0 Å². The highest BCUT2D eigenvalue weighted by molar-refractivity contribution is 8.76. The molecule has 4 heteroatoms. The molecule has 0 radical (unpaired) electrons. The third kappa shape index (κ3) is 3.27. The van der Waals surface area contributed by atoms with Gasteiger partial charge in [-0.3, -0.25) is 0 Å². The largest absolute Gasteiger partial charge is 0.392 e. The number of benzene rings is 1. The summed E-state index contributed by atoms with van der Waals surface area (Å²) in [5.74, 6) is 0. The molecule has 0 aliphatic rings. The van der Waals surface area contributed by atoms with Gasteiger partial charge in [0.2, 0.25) is 0 Å². The molecule has 0 aliphatic heterocycles. The van der Waals surface area contributed by atoms with Crippen molar-refractivity contribution in [1.29, 1.82) is 0 Å². The van der Waals surface area contributed by atoms with Crippen LogP contribution in [0.3, 0.4) is 0 Å². The van der Waals surface area contributed by atoms with E-state index in [1.54, 1.807) is 27.8 Å². The third-order valence-corrected chi connectivity index (χ3v) is 4.22. The minimum atomic E-state index is 0.0860. The zero-order valence-electron chi connectivity index (χ0n) is 8.54. The molecule has 16 heavy (non-hydrogen) atoms. The van der Waals surface area contributed by atoms with Crippen LogP contribution >= 0.6 is 21.6 Å². The summed E-state index contributed by atoms with van der Waals surface area (Å²) in [7, 11) is 3.26. The molecule has 0 bridgehead atoms. The minimum Gasteiger partial charge on any atom is -0.392 e. The Morgan fingerprint density at radius 1 is 1.06 bits per heavy atom. The molecular weight excluding hydrogens is 238 g/mol. The van der Waals surface area contributed by atoms with E-state index in [2.05, 4.69) is 4.98 Å². The second-order valence-electron chi connectivity index (χ2n) is 3.14. The maximum Gasteiger partial charge on any atom is 0.107 e. The van der Waals surface area contributed by atoms with Gasteiger partial charge in [-0.15, -0.1) is 0 Å². The number of aliphatic hydroxyl groups excluding tert-OH is 1. The fourth-order valence-corrected chi connectivity index (χ4v) is 3.09. The summed E-state index contributed by atoms with van der Waals surface area (Å²) >= 11 is 0. The molecule has 0 fully saturated rings. The van der Waals surface area contributed by atoms with Crippen LogP contribution in [0.1, 0.15) is 5.56 Å². The van der Waals surface area contributed by atoms with Crippen LogP contribution in [0.4, 0.5) is 0 Å². The number of aromatic nitrogens is 1. The number of hydrogen-bond donors (Lipinski definition) is 1. The van der Waals surface area contributed by atoms with Crippen molar-refractivity contribution < 1.29 is 5.11 Å². The lowest BCUT2D eigenvalue weighted by molar-refractivity contribution is 0.281. The summed E-state index contributed by atoms with van der Waals surface area (Å²) < 4.78 is 0. The predicted octanol–water partition coefficient (Wildman–Crippen LogP) is 3.37. The molecule has 82 valence electrons. The van der Waals surface area contributed by atoms with Crippen LogP contribution in [0.2, 0.25) is 0 Å². The first-order valence-corrected chi connectivity index (χ1v) is 6.99. The van der Waals surface area contributed by atoms with E-state index in [0.29, 0.717) is 0 Å². The van der Waals surface area contributed by atoms with E-state index in [-0.39, 0.29) is 6.61 Å². The summed E-state index contributed by atoms with van der Waals surface area (Å²) in [4.78, 5) is 5.36. The SMILES string of the molecule is OCc1cccc(SSc2ccccn2)c1. The molecular formula is C12H11NOS2. The van der Waals surface area contributed by atoms with Gasteiger partial charge in [-0.05, 0) is 40.6 Å². The Labute approximate surface area is 103 Å². The number of aliphatic hydroxyl groups is 1. The molecule has 0 amide bonds. The van der Waals surface area contributed by atoms with Gasteiger partial charge >= 0.3 is 0 Å².